The Kier molecular flexibility index (Phi) is 10.2. The molecule has 0 spiro atoms. The number of benzene rings is 12. The minimum atomic E-state index is 1.20. The van der Waals surface area contributed by atoms with E-state index in [9.17, 15) is 0 Å². The minimum Gasteiger partial charge on any atom is -0.0616 e. The van der Waals surface area contributed by atoms with Gasteiger partial charge in [0.15, 0.2) is 0 Å². The Morgan fingerprint density at radius 2 is 0.353 bits per heavy atom. The van der Waals surface area contributed by atoms with Crippen LogP contribution in [0.1, 0.15) is 22.3 Å². The molecule has 12 aromatic carbocycles. The summed E-state index contributed by atoms with van der Waals surface area (Å²) in [6.45, 7) is 8.63. The van der Waals surface area contributed by atoms with E-state index in [4.69, 9.17) is 0 Å². The summed E-state index contributed by atoms with van der Waals surface area (Å²) in [5.74, 6) is 0. The van der Waals surface area contributed by atoms with Crippen molar-refractivity contribution in [3.8, 4) is 77.9 Å². The highest BCUT2D eigenvalue weighted by Gasteiger charge is 2.20. The first-order valence-corrected chi connectivity index (χ1v) is 23.8. The van der Waals surface area contributed by atoms with E-state index in [-0.39, 0.29) is 0 Å². The molecule has 0 amide bonds. The molecule has 0 aliphatic carbocycles. The second-order valence-corrected chi connectivity index (χ2v) is 18.7. The predicted octanol–water partition coefficient (Wildman–Crippen LogP) is 19.2. The second kappa shape index (κ2) is 16.8. The lowest BCUT2D eigenvalue weighted by atomic mass is 9.84. The quantitative estimate of drug-likeness (QED) is 0.140. The van der Waals surface area contributed by atoms with E-state index in [1.807, 2.05) is 0 Å². The molecule has 322 valence electrons. The van der Waals surface area contributed by atoms with Gasteiger partial charge in [0.25, 0.3) is 0 Å². The lowest BCUT2D eigenvalue weighted by molar-refractivity contribution is 1.47. The van der Waals surface area contributed by atoms with Gasteiger partial charge in [0, 0.05) is 0 Å². The molecule has 12 rings (SSSR count). The molecule has 0 aromatic heterocycles. The highest BCUT2D eigenvalue weighted by Crippen LogP contribution is 2.47. The van der Waals surface area contributed by atoms with Crippen LogP contribution in [0.25, 0.3) is 121 Å². The van der Waals surface area contributed by atoms with Gasteiger partial charge in [-0.2, -0.15) is 0 Å². The molecule has 0 aliphatic heterocycles. The number of hydrogen-bond donors (Lipinski definition) is 0. The van der Waals surface area contributed by atoms with Crippen LogP contribution in [0.3, 0.4) is 0 Å². The smallest absolute Gasteiger partial charge is 0.00262 e. The summed E-state index contributed by atoms with van der Waals surface area (Å²) in [5, 5.41) is 10.1. The van der Waals surface area contributed by atoms with Gasteiger partial charge in [0.1, 0.15) is 0 Å². The Morgan fingerprint density at radius 3 is 0.618 bits per heavy atom. The Labute approximate surface area is 399 Å². The first kappa shape index (κ1) is 41.1. The van der Waals surface area contributed by atoms with Gasteiger partial charge >= 0.3 is 0 Å². The fraction of sp³-hybridized carbons (Fsp3) is 0.0588. The fourth-order valence-corrected chi connectivity index (χ4v) is 10.6. The number of fused-ring (bicyclic) bond motifs is 4. The van der Waals surface area contributed by atoms with Crippen LogP contribution in [-0.4, -0.2) is 0 Å². The lowest BCUT2D eigenvalue weighted by Gasteiger charge is -2.19. The van der Waals surface area contributed by atoms with Gasteiger partial charge in [-0.05, 0) is 161 Å². The Hall–Kier alpha value is -8.32. The zero-order valence-corrected chi connectivity index (χ0v) is 38.9. The van der Waals surface area contributed by atoms with E-state index >= 15 is 0 Å². The third-order valence-corrected chi connectivity index (χ3v) is 14.2. The largest absolute Gasteiger partial charge is 0.0616 e. The summed E-state index contributed by atoms with van der Waals surface area (Å²) < 4.78 is 0. The summed E-state index contributed by atoms with van der Waals surface area (Å²) in [4.78, 5) is 0. The molecule has 0 aliphatic rings. The van der Waals surface area contributed by atoms with Crippen molar-refractivity contribution >= 4 is 43.1 Å². The van der Waals surface area contributed by atoms with E-state index in [0.29, 0.717) is 0 Å². The monoisotopic (exact) mass is 866 g/mol. The van der Waals surface area contributed by atoms with Crippen molar-refractivity contribution in [2.75, 3.05) is 0 Å². The summed E-state index contributed by atoms with van der Waals surface area (Å²) in [6, 6.07) is 86.2. The summed E-state index contributed by atoms with van der Waals surface area (Å²) in [6.07, 6.45) is 0. The summed E-state index contributed by atoms with van der Waals surface area (Å²) >= 11 is 0. The SMILES string of the molecule is Cc1ccc(-c2c3ccccc3c(-c3ccc(C)cc3)c3cc(-c4ccc(-c5ccc(-c6ccc7c(-c8ccc(C)cc8)c8ccccc8c(-c8ccc(C)cc8)c7c6)cc5)cc4)ccc23)cc1. The van der Waals surface area contributed by atoms with Gasteiger partial charge in [-0.25, -0.2) is 0 Å². The van der Waals surface area contributed by atoms with Gasteiger partial charge in [-0.3, -0.25) is 0 Å². The third kappa shape index (κ3) is 7.27. The predicted molar refractivity (Wildman–Crippen MR) is 293 cm³/mol. The maximum Gasteiger partial charge on any atom is -0.00262 e. The highest BCUT2D eigenvalue weighted by molar-refractivity contribution is 6.23. The van der Waals surface area contributed by atoms with Gasteiger partial charge < -0.3 is 0 Å². The molecule has 0 N–H and O–H groups in total. The normalized spacial score (nSPS) is 11.5. The number of rotatable bonds is 7. The minimum absolute atomic E-state index is 1.20. The average Bonchev–Trinajstić information content (AvgIpc) is 3.38. The van der Waals surface area contributed by atoms with Crippen molar-refractivity contribution in [2.24, 2.45) is 0 Å². The van der Waals surface area contributed by atoms with E-state index in [1.54, 1.807) is 0 Å². The van der Waals surface area contributed by atoms with Crippen molar-refractivity contribution in [1.82, 2.24) is 0 Å². The second-order valence-electron chi connectivity index (χ2n) is 18.7. The van der Waals surface area contributed by atoms with Crippen LogP contribution in [0.4, 0.5) is 0 Å². The van der Waals surface area contributed by atoms with Crippen LogP contribution in [0, 0.1) is 27.7 Å². The van der Waals surface area contributed by atoms with Crippen LogP contribution in [0.2, 0.25) is 0 Å². The summed E-state index contributed by atoms with van der Waals surface area (Å²) in [5.41, 5.74) is 22.3. The van der Waals surface area contributed by atoms with Crippen molar-refractivity contribution in [1.29, 1.82) is 0 Å². The maximum atomic E-state index is 2.42. The van der Waals surface area contributed by atoms with Crippen molar-refractivity contribution < 1.29 is 0 Å². The van der Waals surface area contributed by atoms with Crippen LogP contribution in [0.5, 0.6) is 0 Å². The molecule has 68 heavy (non-hydrogen) atoms. The Balaban J connectivity index is 0.927. The van der Waals surface area contributed by atoms with Crippen LogP contribution < -0.4 is 0 Å². The topological polar surface area (TPSA) is 0 Å². The maximum absolute atomic E-state index is 2.42. The van der Waals surface area contributed by atoms with Gasteiger partial charge in [-0.1, -0.05) is 241 Å². The first-order chi connectivity index (χ1) is 33.3. The van der Waals surface area contributed by atoms with E-state index in [1.165, 1.54) is 143 Å². The highest BCUT2D eigenvalue weighted by atomic mass is 14.2. The lowest BCUT2D eigenvalue weighted by Crippen LogP contribution is -1.92. The van der Waals surface area contributed by atoms with E-state index in [0.717, 1.165) is 0 Å². The molecule has 0 saturated carbocycles. The number of hydrogen-bond acceptors (Lipinski definition) is 0. The van der Waals surface area contributed by atoms with Crippen molar-refractivity contribution in [3.63, 3.8) is 0 Å². The summed E-state index contributed by atoms with van der Waals surface area (Å²) in [7, 11) is 0. The Morgan fingerprint density at radius 1 is 0.162 bits per heavy atom. The molecule has 0 atom stereocenters. The van der Waals surface area contributed by atoms with Crippen molar-refractivity contribution in [2.45, 2.75) is 27.7 Å². The third-order valence-electron chi connectivity index (χ3n) is 14.2. The van der Waals surface area contributed by atoms with Gasteiger partial charge in [0.05, 0.1) is 0 Å². The van der Waals surface area contributed by atoms with Gasteiger partial charge in [-0.15, -0.1) is 0 Å². The van der Waals surface area contributed by atoms with E-state index in [2.05, 4.69) is 258 Å². The first-order valence-electron chi connectivity index (χ1n) is 23.8. The molecule has 0 fully saturated rings. The zero-order valence-electron chi connectivity index (χ0n) is 38.9. The average molecular weight is 867 g/mol. The van der Waals surface area contributed by atoms with Crippen LogP contribution in [-0.2, 0) is 0 Å². The van der Waals surface area contributed by atoms with Crippen LogP contribution >= 0.6 is 0 Å². The molecule has 0 nitrogen and oxygen atoms in total. The molecule has 0 bridgehead atoms. The molecule has 12 aromatic rings. The number of aryl methyl sites for hydroxylation is 4. The standard InChI is InChI=1S/C68H50/c1-43-13-21-51(22-14-43)65-57-9-5-7-11-59(57)67(53-25-17-45(3)18-26-53)63-41-55(37-39-61(63)65)49-33-29-47(30-34-49)48-31-35-50(36-32-48)56-38-40-62-64(42-56)68(54-27-19-46(4)20-28-54)60-12-8-6-10-58(60)66(62)52-23-15-44(2)16-24-52/h5-42H,1-4H3. The van der Waals surface area contributed by atoms with E-state index < -0.39 is 0 Å². The fourth-order valence-electron chi connectivity index (χ4n) is 10.6. The van der Waals surface area contributed by atoms with Crippen LogP contribution in [0.15, 0.2) is 231 Å². The molecule has 0 heterocycles. The van der Waals surface area contributed by atoms with Crippen molar-refractivity contribution in [3.05, 3.63) is 253 Å². The molecule has 0 heteroatoms. The molecular formula is C68H50. The molecule has 0 radical (unpaired) electrons. The Bertz CT molecular complexity index is 3590. The molecular weight excluding hydrogens is 817 g/mol. The molecule has 0 unspecified atom stereocenters. The zero-order chi connectivity index (χ0) is 45.9. The van der Waals surface area contributed by atoms with Gasteiger partial charge in [0.2, 0.25) is 0 Å². The molecule has 0 saturated heterocycles.